The smallest absolute Gasteiger partial charge is 0.317 e. The molecule has 5 nitrogen and oxygen atoms in total. The highest BCUT2D eigenvalue weighted by atomic mass is 16.5. The van der Waals surface area contributed by atoms with E-state index in [9.17, 15) is 14.7 Å². The summed E-state index contributed by atoms with van der Waals surface area (Å²) < 4.78 is 4.55. The summed E-state index contributed by atoms with van der Waals surface area (Å²) >= 11 is 0. The van der Waals surface area contributed by atoms with E-state index in [0.717, 1.165) is 0 Å². The number of aliphatic hydroxyl groups excluding tert-OH is 1. The highest BCUT2D eigenvalue weighted by Gasteiger charge is 2.49. The maximum Gasteiger partial charge on any atom is 0.317 e. The first kappa shape index (κ1) is 9.61. The Morgan fingerprint density at radius 3 is 3.00 bits per heavy atom. The maximum absolute atomic E-state index is 11.5. The van der Waals surface area contributed by atoms with Crippen LogP contribution in [0, 0.1) is 5.92 Å². The van der Waals surface area contributed by atoms with Crippen LogP contribution in [0.2, 0.25) is 0 Å². The Bertz CT molecular complexity index is 278. The van der Waals surface area contributed by atoms with Gasteiger partial charge in [0.2, 0.25) is 0 Å². The van der Waals surface area contributed by atoms with Crippen molar-refractivity contribution in [2.75, 3.05) is 7.11 Å². The van der Waals surface area contributed by atoms with Crippen molar-refractivity contribution in [3.05, 3.63) is 0 Å². The fourth-order valence-electron chi connectivity index (χ4n) is 2.33. The molecule has 0 aromatic heterocycles. The Hall–Kier alpha value is -0.940. The van der Waals surface area contributed by atoms with Gasteiger partial charge in [0.05, 0.1) is 19.3 Å². The Balaban J connectivity index is 2.21. The molecule has 2 bridgehead atoms. The van der Waals surface area contributed by atoms with Crippen LogP contribution in [0.1, 0.15) is 12.8 Å². The van der Waals surface area contributed by atoms with Crippen LogP contribution in [0.5, 0.6) is 0 Å². The number of nitrogens with one attached hydrogen (secondary N) is 1. The molecule has 0 aromatic rings. The van der Waals surface area contributed by atoms with Crippen LogP contribution < -0.4 is 5.32 Å². The van der Waals surface area contributed by atoms with Gasteiger partial charge in [0.1, 0.15) is 11.7 Å². The number of carbonyl (C=O) groups excluding carboxylic acids is 2. The minimum absolute atomic E-state index is 0.0309. The number of carbonyl (C=O) groups is 2. The summed E-state index contributed by atoms with van der Waals surface area (Å²) in [6.07, 6.45) is 0.243. The Kier molecular flexibility index (Phi) is 2.28. The van der Waals surface area contributed by atoms with E-state index >= 15 is 0 Å². The van der Waals surface area contributed by atoms with E-state index in [4.69, 9.17) is 0 Å². The van der Waals surface area contributed by atoms with Crippen LogP contribution >= 0.6 is 0 Å². The molecule has 2 fully saturated rings. The summed E-state index contributed by atoms with van der Waals surface area (Å²) in [6.45, 7) is 0. The largest absolute Gasteiger partial charge is 0.468 e. The molecule has 0 aliphatic carbocycles. The van der Waals surface area contributed by atoms with Crippen molar-refractivity contribution in [2.45, 2.75) is 31.0 Å². The van der Waals surface area contributed by atoms with Crippen molar-refractivity contribution in [1.82, 2.24) is 5.32 Å². The van der Waals surface area contributed by atoms with E-state index in [0.29, 0.717) is 12.8 Å². The molecule has 4 atom stereocenters. The highest BCUT2D eigenvalue weighted by molar-refractivity contribution is 6.01. The Morgan fingerprint density at radius 2 is 2.36 bits per heavy atom. The number of rotatable bonds is 1. The molecular formula is C9H13NO4. The van der Waals surface area contributed by atoms with Crippen LogP contribution in [0.3, 0.4) is 0 Å². The van der Waals surface area contributed by atoms with Crippen LogP contribution in [-0.4, -0.2) is 42.2 Å². The van der Waals surface area contributed by atoms with E-state index in [2.05, 4.69) is 10.1 Å². The minimum atomic E-state index is -0.825. The van der Waals surface area contributed by atoms with Crippen LogP contribution in [0.4, 0.5) is 0 Å². The zero-order valence-corrected chi connectivity index (χ0v) is 7.90. The molecule has 2 aliphatic rings. The number of hydrogen-bond acceptors (Lipinski definition) is 5. The van der Waals surface area contributed by atoms with Gasteiger partial charge in [-0.25, -0.2) is 0 Å². The predicted molar refractivity (Wildman–Crippen MR) is 46.5 cm³/mol. The Labute approximate surface area is 81.4 Å². The van der Waals surface area contributed by atoms with Crippen LogP contribution in [0.25, 0.3) is 0 Å². The molecule has 0 aromatic carbocycles. The van der Waals surface area contributed by atoms with Gasteiger partial charge in [-0.05, 0) is 6.42 Å². The summed E-state index contributed by atoms with van der Waals surface area (Å²) in [6, 6.07) is -0.419. The third kappa shape index (κ3) is 1.33. The van der Waals surface area contributed by atoms with Crippen molar-refractivity contribution < 1.29 is 19.4 Å². The summed E-state index contributed by atoms with van der Waals surface area (Å²) in [5.74, 6) is -1.50. The molecule has 4 unspecified atom stereocenters. The fraction of sp³-hybridized carbons (Fsp3) is 0.778. The summed E-state index contributed by atoms with van der Waals surface area (Å²) in [7, 11) is 1.25. The molecule has 2 N–H and O–H groups in total. The molecule has 0 radical (unpaired) electrons. The highest BCUT2D eigenvalue weighted by Crippen LogP contribution is 2.29. The lowest BCUT2D eigenvalue weighted by Crippen LogP contribution is -2.52. The van der Waals surface area contributed by atoms with Gasteiger partial charge in [-0.15, -0.1) is 0 Å². The van der Waals surface area contributed by atoms with Gasteiger partial charge in [0, 0.05) is 12.5 Å². The number of Topliss-reactive ketones (excluding diaryl/α,β-unsaturated/α-hetero) is 1. The van der Waals surface area contributed by atoms with Crippen LogP contribution in [-0.2, 0) is 14.3 Å². The lowest BCUT2D eigenvalue weighted by molar-refractivity contribution is -0.152. The molecular weight excluding hydrogens is 186 g/mol. The second kappa shape index (κ2) is 3.33. The van der Waals surface area contributed by atoms with E-state index in [-0.39, 0.29) is 11.8 Å². The molecule has 5 heteroatoms. The number of aliphatic hydroxyl groups is 1. The van der Waals surface area contributed by atoms with Crippen molar-refractivity contribution >= 4 is 11.8 Å². The molecule has 2 aliphatic heterocycles. The standard InChI is InChI=1S/C9H13NO4/c1-14-9(13)7-5(11)2-4-3-6(12)8(7)10-4/h4,6-8,10,12H,2-3H2,1H3. The van der Waals surface area contributed by atoms with Gasteiger partial charge < -0.3 is 15.2 Å². The number of methoxy groups -OCH3 is 1. The number of piperidine rings is 1. The minimum Gasteiger partial charge on any atom is -0.468 e. The molecule has 2 saturated heterocycles. The first-order valence-corrected chi connectivity index (χ1v) is 4.68. The average Bonchev–Trinajstić information content (AvgIpc) is 2.42. The molecule has 78 valence electrons. The second-order valence-electron chi connectivity index (χ2n) is 3.86. The first-order chi connectivity index (χ1) is 6.63. The number of ether oxygens (including phenoxy) is 1. The number of fused-ring (bicyclic) bond motifs is 2. The lowest BCUT2D eigenvalue weighted by atomic mass is 9.90. The fourth-order valence-corrected chi connectivity index (χ4v) is 2.33. The zero-order chi connectivity index (χ0) is 10.3. The first-order valence-electron chi connectivity index (χ1n) is 4.68. The quantitative estimate of drug-likeness (QED) is 0.411. The predicted octanol–water partition coefficient (Wildman–Crippen LogP) is -1.16. The summed E-state index contributed by atoms with van der Waals surface area (Å²) in [4.78, 5) is 22.9. The number of esters is 1. The van der Waals surface area contributed by atoms with E-state index in [1.807, 2.05) is 0 Å². The van der Waals surface area contributed by atoms with Crippen molar-refractivity contribution in [2.24, 2.45) is 5.92 Å². The van der Waals surface area contributed by atoms with Gasteiger partial charge >= 0.3 is 5.97 Å². The molecule has 14 heavy (non-hydrogen) atoms. The third-order valence-corrected chi connectivity index (χ3v) is 2.98. The van der Waals surface area contributed by atoms with Gasteiger partial charge in [-0.3, -0.25) is 9.59 Å². The van der Waals surface area contributed by atoms with Gasteiger partial charge in [0.15, 0.2) is 0 Å². The third-order valence-electron chi connectivity index (χ3n) is 2.98. The van der Waals surface area contributed by atoms with E-state index in [1.54, 1.807) is 0 Å². The topological polar surface area (TPSA) is 75.6 Å². The van der Waals surface area contributed by atoms with Crippen molar-refractivity contribution in [3.8, 4) is 0 Å². The molecule has 2 heterocycles. The summed E-state index contributed by atoms with van der Waals surface area (Å²) in [5.41, 5.74) is 0. The normalized spacial score (nSPS) is 41.1. The lowest BCUT2D eigenvalue weighted by Gasteiger charge is -2.27. The molecule has 0 saturated carbocycles. The second-order valence-corrected chi connectivity index (χ2v) is 3.86. The van der Waals surface area contributed by atoms with Crippen LogP contribution in [0.15, 0.2) is 0 Å². The monoisotopic (exact) mass is 199 g/mol. The van der Waals surface area contributed by atoms with Gasteiger partial charge in [0.25, 0.3) is 0 Å². The van der Waals surface area contributed by atoms with Crippen molar-refractivity contribution in [1.29, 1.82) is 0 Å². The van der Waals surface area contributed by atoms with Crippen molar-refractivity contribution in [3.63, 3.8) is 0 Å². The zero-order valence-electron chi connectivity index (χ0n) is 7.90. The van der Waals surface area contributed by atoms with E-state index in [1.165, 1.54) is 7.11 Å². The molecule has 2 rings (SSSR count). The number of hydrogen-bond donors (Lipinski definition) is 2. The molecule has 0 spiro atoms. The average molecular weight is 199 g/mol. The van der Waals surface area contributed by atoms with Gasteiger partial charge in [-0.2, -0.15) is 0 Å². The molecule has 0 amide bonds. The Morgan fingerprint density at radius 1 is 1.64 bits per heavy atom. The number of ketones is 1. The summed E-state index contributed by atoms with van der Waals surface area (Å²) in [5, 5.41) is 12.7. The van der Waals surface area contributed by atoms with E-state index < -0.39 is 24.0 Å². The SMILES string of the molecule is COC(=O)C1C(=O)CC2CC(O)C1N2. The maximum atomic E-state index is 11.5. The van der Waals surface area contributed by atoms with Gasteiger partial charge in [-0.1, -0.05) is 0 Å².